The molecule has 0 saturated carbocycles. The molecule has 0 bridgehead atoms. The minimum atomic E-state index is -0.542. The number of ether oxygens (including phenoxy) is 1. The molecule has 0 aromatic heterocycles. The van der Waals surface area contributed by atoms with Crippen LogP contribution in [-0.2, 0) is 4.74 Å². The Bertz CT molecular complexity index is 403. The van der Waals surface area contributed by atoms with Gasteiger partial charge in [-0.1, -0.05) is 19.8 Å². The summed E-state index contributed by atoms with van der Waals surface area (Å²) in [6, 6.07) is 5.58. The summed E-state index contributed by atoms with van der Waals surface area (Å²) in [5.74, 6) is 0. The number of nitro benzene ring substituents is 1. The van der Waals surface area contributed by atoms with Crippen molar-refractivity contribution in [1.82, 2.24) is 0 Å². The maximum Gasteiger partial charge on any atom is 0.411 e. The number of carbonyl (C=O) groups is 1. The summed E-state index contributed by atoms with van der Waals surface area (Å²) < 4.78 is 4.94. The summed E-state index contributed by atoms with van der Waals surface area (Å²) >= 11 is 0. The first-order valence-electron chi connectivity index (χ1n) is 5.81. The topological polar surface area (TPSA) is 81.5 Å². The molecule has 6 heteroatoms. The largest absolute Gasteiger partial charge is 0.449 e. The van der Waals surface area contributed by atoms with Gasteiger partial charge in [0.25, 0.3) is 5.69 Å². The standard InChI is InChI=1S/C12H16N2O4/c1-2-3-4-9-18-12(15)13-10-5-7-11(8-6-10)14(16)17/h5-8H,2-4,9H2,1H3,(H,13,15). The Morgan fingerprint density at radius 2 is 2.00 bits per heavy atom. The van der Waals surface area contributed by atoms with Crippen LogP contribution in [-0.4, -0.2) is 17.6 Å². The minimum absolute atomic E-state index is 0.0168. The van der Waals surface area contributed by atoms with E-state index in [1.165, 1.54) is 24.3 Å². The molecular formula is C12H16N2O4. The third kappa shape index (κ3) is 4.82. The molecule has 0 heterocycles. The summed E-state index contributed by atoms with van der Waals surface area (Å²) in [7, 11) is 0. The molecule has 0 spiro atoms. The lowest BCUT2D eigenvalue weighted by Gasteiger charge is -2.06. The van der Waals surface area contributed by atoms with Gasteiger partial charge in [0.1, 0.15) is 0 Å². The molecule has 1 aromatic carbocycles. The Balaban J connectivity index is 2.37. The molecule has 98 valence electrons. The van der Waals surface area contributed by atoms with Crippen LogP contribution in [0.5, 0.6) is 0 Å². The second-order valence-corrected chi connectivity index (χ2v) is 3.77. The molecule has 0 aliphatic rings. The predicted octanol–water partition coefficient (Wildman–Crippen LogP) is 3.33. The van der Waals surface area contributed by atoms with Crippen LogP contribution < -0.4 is 5.32 Å². The van der Waals surface area contributed by atoms with Crippen molar-refractivity contribution in [2.45, 2.75) is 26.2 Å². The van der Waals surface area contributed by atoms with Crippen molar-refractivity contribution >= 4 is 17.5 Å². The van der Waals surface area contributed by atoms with Crippen LogP contribution in [0.15, 0.2) is 24.3 Å². The molecule has 0 aliphatic carbocycles. The maximum atomic E-state index is 11.3. The summed E-state index contributed by atoms with van der Waals surface area (Å²) in [5.41, 5.74) is 0.456. The number of nitrogens with zero attached hydrogens (tertiary/aromatic N) is 1. The number of nitrogens with one attached hydrogen (secondary N) is 1. The highest BCUT2D eigenvalue weighted by Gasteiger charge is 2.06. The van der Waals surface area contributed by atoms with Gasteiger partial charge >= 0.3 is 6.09 Å². The third-order valence-corrected chi connectivity index (χ3v) is 2.31. The van der Waals surface area contributed by atoms with E-state index in [-0.39, 0.29) is 5.69 Å². The van der Waals surface area contributed by atoms with Crippen molar-refractivity contribution in [2.24, 2.45) is 0 Å². The quantitative estimate of drug-likeness (QED) is 0.478. The molecule has 1 amide bonds. The highest BCUT2D eigenvalue weighted by atomic mass is 16.6. The number of rotatable bonds is 6. The molecule has 1 N–H and O–H groups in total. The number of hydrogen-bond donors (Lipinski definition) is 1. The van der Waals surface area contributed by atoms with Gasteiger partial charge in [0.2, 0.25) is 0 Å². The smallest absolute Gasteiger partial charge is 0.411 e. The van der Waals surface area contributed by atoms with Gasteiger partial charge in [-0.15, -0.1) is 0 Å². The lowest BCUT2D eigenvalue weighted by atomic mass is 10.3. The first-order valence-corrected chi connectivity index (χ1v) is 5.81. The predicted molar refractivity (Wildman–Crippen MR) is 67.6 cm³/mol. The van der Waals surface area contributed by atoms with Crippen molar-refractivity contribution in [2.75, 3.05) is 11.9 Å². The van der Waals surface area contributed by atoms with Crippen molar-refractivity contribution in [3.8, 4) is 0 Å². The second-order valence-electron chi connectivity index (χ2n) is 3.77. The Morgan fingerprint density at radius 1 is 1.33 bits per heavy atom. The van der Waals surface area contributed by atoms with Gasteiger partial charge < -0.3 is 4.74 Å². The third-order valence-electron chi connectivity index (χ3n) is 2.31. The molecule has 0 radical (unpaired) electrons. The van der Waals surface area contributed by atoms with E-state index >= 15 is 0 Å². The van der Waals surface area contributed by atoms with Crippen LogP contribution in [0.1, 0.15) is 26.2 Å². The number of anilines is 1. The average molecular weight is 252 g/mol. The Labute approximate surface area is 105 Å². The zero-order valence-corrected chi connectivity index (χ0v) is 10.2. The molecule has 18 heavy (non-hydrogen) atoms. The van der Waals surface area contributed by atoms with E-state index in [1.54, 1.807) is 0 Å². The number of unbranched alkanes of at least 4 members (excludes halogenated alkanes) is 2. The highest BCUT2D eigenvalue weighted by molar-refractivity contribution is 5.84. The van der Waals surface area contributed by atoms with E-state index in [1.807, 2.05) is 0 Å². The van der Waals surface area contributed by atoms with Crippen molar-refractivity contribution < 1.29 is 14.5 Å². The first-order chi connectivity index (χ1) is 8.63. The maximum absolute atomic E-state index is 11.3. The van der Waals surface area contributed by atoms with Crippen LogP contribution in [0.3, 0.4) is 0 Å². The van der Waals surface area contributed by atoms with Crippen molar-refractivity contribution in [3.05, 3.63) is 34.4 Å². The fourth-order valence-electron chi connectivity index (χ4n) is 1.34. The number of hydrogen-bond acceptors (Lipinski definition) is 4. The van der Waals surface area contributed by atoms with Gasteiger partial charge in [-0.2, -0.15) is 0 Å². The minimum Gasteiger partial charge on any atom is -0.449 e. The molecule has 6 nitrogen and oxygen atoms in total. The summed E-state index contributed by atoms with van der Waals surface area (Å²) in [6.45, 7) is 2.45. The van der Waals surface area contributed by atoms with Gasteiger partial charge in [0.05, 0.1) is 11.5 Å². The molecule has 1 aromatic rings. The van der Waals surface area contributed by atoms with Crippen LogP contribution in [0, 0.1) is 10.1 Å². The van der Waals surface area contributed by atoms with Gasteiger partial charge in [0.15, 0.2) is 0 Å². The molecule has 0 saturated heterocycles. The van der Waals surface area contributed by atoms with Crippen molar-refractivity contribution in [3.63, 3.8) is 0 Å². The zero-order valence-electron chi connectivity index (χ0n) is 10.2. The lowest BCUT2D eigenvalue weighted by molar-refractivity contribution is -0.384. The normalized spacial score (nSPS) is 9.83. The average Bonchev–Trinajstić information content (AvgIpc) is 2.35. The van der Waals surface area contributed by atoms with Crippen LogP contribution in [0.25, 0.3) is 0 Å². The van der Waals surface area contributed by atoms with Crippen LogP contribution in [0.4, 0.5) is 16.2 Å². The van der Waals surface area contributed by atoms with Crippen LogP contribution >= 0.6 is 0 Å². The SMILES string of the molecule is CCCCCOC(=O)Nc1ccc([N+](=O)[O-])cc1. The number of carbonyl (C=O) groups excluding carboxylic acids is 1. The molecular weight excluding hydrogens is 236 g/mol. The fraction of sp³-hybridized carbons (Fsp3) is 0.417. The first kappa shape index (κ1) is 14.0. The number of nitro groups is 1. The number of benzene rings is 1. The number of non-ortho nitro benzene ring substituents is 1. The van der Waals surface area contributed by atoms with E-state index < -0.39 is 11.0 Å². The fourth-order valence-corrected chi connectivity index (χ4v) is 1.34. The van der Waals surface area contributed by atoms with Gasteiger partial charge in [0, 0.05) is 17.8 Å². The number of amides is 1. The van der Waals surface area contributed by atoms with Crippen LogP contribution in [0.2, 0.25) is 0 Å². The highest BCUT2D eigenvalue weighted by Crippen LogP contribution is 2.15. The molecule has 0 unspecified atom stereocenters. The van der Waals surface area contributed by atoms with Gasteiger partial charge in [-0.3, -0.25) is 15.4 Å². The zero-order chi connectivity index (χ0) is 13.4. The van der Waals surface area contributed by atoms with E-state index in [0.717, 1.165) is 19.3 Å². The van der Waals surface area contributed by atoms with Gasteiger partial charge in [-0.05, 0) is 18.6 Å². The van der Waals surface area contributed by atoms with E-state index in [0.29, 0.717) is 12.3 Å². The summed E-state index contributed by atoms with van der Waals surface area (Å²) in [5, 5.41) is 12.9. The van der Waals surface area contributed by atoms with E-state index in [4.69, 9.17) is 4.74 Å². The summed E-state index contributed by atoms with van der Waals surface area (Å²) in [4.78, 5) is 21.3. The Morgan fingerprint density at radius 3 is 2.56 bits per heavy atom. The summed E-state index contributed by atoms with van der Waals surface area (Å²) in [6.07, 6.45) is 2.38. The monoisotopic (exact) mass is 252 g/mol. The molecule has 0 fully saturated rings. The molecule has 0 atom stereocenters. The molecule has 1 rings (SSSR count). The van der Waals surface area contributed by atoms with Crippen molar-refractivity contribution in [1.29, 1.82) is 0 Å². The van der Waals surface area contributed by atoms with E-state index in [9.17, 15) is 14.9 Å². The van der Waals surface area contributed by atoms with E-state index in [2.05, 4.69) is 12.2 Å². The Kier molecular flexibility index (Phi) is 5.63. The molecule has 0 aliphatic heterocycles. The second kappa shape index (κ2) is 7.26. The lowest BCUT2D eigenvalue weighted by Crippen LogP contribution is -2.14. The van der Waals surface area contributed by atoms with Gasteiger partial charge in [-0.25, -0.2) is 4.79 Å². The Hall–Kier alpha value is -2.11.